The Morgan fingerprint density at radius 1 is 1.00 bits per heavy atom. The number of carbonyl (C=O) groups excluding carboxylic acids is 1. The smallest absolute Gasteiger partial charge is 0.335 e. The fraction of sp³-hybridized carbons (Fsp3) is 0.263. The van der Waals surface area contributed by atoms with Gasteiger partial charge in [-0.3, -0.25) is 4.90 Å². The number of nitrogens with one attached hydrogen (secondary N) is 1. The highest BCUT2D eigenvalue weighted by atomic mass is 16.4. The Balaban J connectivity index is 1.83. The van der Waals surface area contributed by atoms with E-state index in [1.54, 1.807) is 29.2 Å². The van der Waals surface area contributed by atoms with Crippen molar-refractivity contribution in [2.75, 3.05) is 31.1 Å². The summed E-state index contributed by atoms with van der Waals surface area (Å²) in [4.78, 5) is 27.6. The Hall–Kier alpha value is -2.86. The molecule has 1 saturated heterocycles. The lowest BCUT2D eigenvalue weighted by Gasteiger charge is -2.33. The van der Waals surface area contributed by atoms with E-state index in [-0.39, 0.29) is 11.6 Å². The number of benzene rings is 2. The van der Waals surface area contributed by atoms with Gasteiger partial charge in [-0.1, -0.05) is 30.3 Å². The maximum absolute atomic E-state index is 13.0. The highest BCUT2D eigenvalue weighted by Crippen LogP contribution is 2.19. The van der Waals surface area contributed by atoms with E-state index in [2.05, 4.69) is 5.32 Å². The zero-order chi connectivity index (χ0) is 17.6. The molecule has 1 heterocycles. The van der Waals surface area contributed by atoms with E-state index in [0.29, 0.717) is 19.6 Å². The lowest BCUT2D eigenvalue weighted by Crippen LogP contribution is -2.51. The van der Waals surface area contributed by atoms with E-state index in [4.69, 9.17) is 5.11 Å². The Bertz CT molecular complexity index is 725. The van der Waals surface area contributed by atoms with Crippen LogP contribution in [0.4, 0.5) is 10.5 Å². The summed E-state index contributed by atoms with van der Waals surface area (Å²) < 4.78 is 0. The number of aromatic carboxylic acids is 1. The van der Waals surface area contributed by atoms with Crippen molar-refractivity contribution >= 4 is 17.7 Å². The minimum Gasteiger partial charge on any atom is -0.478 e. The largest absolute Gasteiger partial charge is 0.478 e. The van der Waals surface area contributed by atoms with Gasteiger partial charge in [0.1, 0.15) is 0 Å². The van der Waals surface area contributed by atoms with Gasteiger partial charge in [0.15, 0.2) is 0 Å². The van der Waals surface area contributed by atoms with Crippen LogP contribution in [0.2, 0.25) is 0 Å². The van der Waals surface area contributed by atoms with Crippen molar-refractivity contribution in [3.63, 3.8) is 0 Å². The lowest BCUT2D eigenvalue weighted by molar-refractivity contribution is 0.0697. The Morgan fingerprint density at radius 3 is 2.24 bits per heavy atom. The second kappa shape index (κ2) is 7.81. The number of rotatable bonds is 4. The molecule has 25 heavy (non-hydrogen) atoms. The predicted octanol–water partition coefficient (Wildman–Crippen LogP) is 2.42. The summed E-state index contributed by atoms with van der Waals surface area (Å²) in [7, 11) is 0. The van der Waals surface area contributed by atoms with Gasteiger partial charge in [0.05, 0.1) is 12.1 Å². The van der Waals surface area contributed by atoms with E-state index in [1.807, 2.05) is 35.2 Å². The van der Waals surface area contributed by atoms with Crippen LogP contribution in [0.25, 0.3) is 0 Å². The number of amides is 2. The summed E-state index contributed by atoms with van der Waals surface area (Å²) in [6.07, 6.45) is 0. The van der Waals surface area contributed by atoms with Gasteiger partial charge in [-0.15, -0.1) is 0 Å². The van der Waals surface area contributed by atoms with Crippen molar-refractivity contribution in [1.29, 1.82) is 0 Å². The molecular weight excluding hydrogens is 318 g/mol. The van der Waals surface area contributed by atoms with Gasteiger partial charge < -0.3 is 15.3 Å². The summed E-state index contributed by atoms with van der Waals surface area (Å²) in [5, 5.41) is 12.3. The molecule has 0 radical (unpaired) electrons. The molecule has 0 aliphatic carbocycles. The first-order valence-corrected chi connectivity index (χ1v) is 8.29. The fourth-order valence-electron chi connectivity index (χ4n) is 2.84. The number of carboxylic acids is 1. The van der Waals surface area contributed by atoms with E-state index >= 15 is 0 Å². The van der Waals surface area contributed by atoms with Crippen LogP contribution in [0, 0.1) is 0 Å². The van der Waals surface area contributed by atoms with E-state index in [1.165, 1.54) is 0 Å². The fourth-order valence-corrected chi connectivity index (χ4v) is 2.84. The molecule has 1 aliphatic rings. The van der Waals surface area contributed by atoms with Gasteiger partial charge in [-0.2, -0.15) is 0 Å². The van der Waals surface area contributed by atoms with Gasteiger partial charge >= 0.3 is 12.0 Å². The molecule has 0 atom stereocenters. The van der Waals surface area contributed by atoms with Crippen LogP contribution in [-0.2, 0) is 6.54 Å². The normalized spacial score (nSPS) is 14.2. The molecule has 6 heteroatoms. The van der Waals surface area contributed by atoms with Crippen LogP contribution in [0.15, 0.2) is 54.6 Å². The molecule has 2 aromatic carbocycles. The Morgan fingerprint density at radius 2 is 1.64 bits per heavy atom. The number of carbonyl (C=O) groups is 2. The third-order valence-electron chi connectivity index (χ3n) is 4.23. The van der Waals surface area contributed by atoms with Crippen molar-refractivity contribution in [1.82, 2.24) is 10.2 Å². The minimum absolute atomic E-state index is 0.0324. The van der Waals surface area contributed by atoms with Crippen molar-refractivity contribution in [2.45, 2.75) is 6.54 Å². The van der Waals surface area contributed by atoms with Gasteiger partial charge in [-0.25, -0.2) is 9.59 Å². The summed E-state index contributed by atoms with van der Waals surface area (Å²) in [6.45, 7) is 3.34. The van der Waals surface area contributed by atoms with Gasteiger partial charge in [-0.05, 0) is 29.8 Å². The van der Waals surface area contributed by atoms with Crippen molar-refractivity contribution in [3.8, 4) is 0 Å². The number of carboxylic acid groups (broad SMARTS) is 1. The molecule has 2 amide bonds. The highest BCUT2D eigenvalue weighted by molar-refractivity contribution is 5.92. The first-order chi connectivity index (χ1) is 12.1. The second-order valence-corrected chi connectivity index (χ2v) is 5.94. The zero-order valence-electron chi connectivity index (χ0n) is 13.9. The predicted molar refractivity (Wildman–Crippen MR) is 95.9 cm³/mol. The molecule has 2 aromatic rings. The molecular formula is C19H21N3O3. The zero-order valence-corrected chi connectivity index (χ0v) is 13.9. The molecule has 1 fully saturated rings. The third kappa shape index (κ3) is 4.16. The molecule has 2 N–H and O–H groups in total. The molecule has 130 valence electrons. The summed E-state index contributed by atoms with van der Waals surface area (Å²) >= 11 is 0. The van der Waals surface area contributed by atoms with E-state index < -0.39 is 5.97 Å². The van der Waals surface area contributed by atoms with Crippen LogP contribution in [0.3, 0.4) is 0 Å². The molecule has 0 bridgehead atoms. The first kappa shape index (κ1) is 17.0. The first-order valence-electron chi connectivity index (χ1n) is 8.29. The minimum atomic E-state index is -0.955. The number of hydrogen-bond acceptors (Lipinski definition) is 3. The summed E-state index contributed by atoms with van der Waals surface area (Å²) in [5.41, 5.74) is 1.95. The molecule has 6 nitrogen and oxygen atoms in total. The number of para-hydroxylation sites is 1. The molecule has 3 rings (SSSR count). The van der Waals surface area contributed by atoms with Crippen LogP contribution < -0.4 is 10.2 Å². The number of nitrogens with zero attached hydrogens (tertiary/aromatic N) is 2. The number of urea groups is 1. The molecule has 0 saturated carbocycles. The van der Waals surface area contributed by atoms with Gasteiger partial charge in [0.25, 0.3) is 0 Å². The van der Waals surface area contributed by atoms with Crippen LogP contribution in [-0.4, -0.2) is 48.2 Å². The maximum atomic E-state index is 13.0. The Labute approximate surface area is 146 Å². The van der Waals surface area contributed by atoms with Crippen LogP contribution in [0.1, 0.15) is 15.9 Å². The Kier molecular flexibility index (Phi) is 5.30. The van der Waals surface area contributed by atoms with Crippen molar-refractivity contribution in [3.05, 3.63) is 65.7 Å². The SMILES string of the molecule is O=C(O)c1ccc(CN(C(=O)N2CCNCC2)c2ccccc2)cc1. The van der Waals surface area contributed by atoms with Crippen LogP contribution >= 0.6 is 0 Å². The summed E-state index contributed by atoms with van der Waals surface area (Å²) in [5.74, 6) is -0.955. The van der Waals surface area contributed by atoms with E-state index in [0.717, 1.165) is 24.3 Å². The number of hydrogen-bond donors (Lipinski definition) is 2. The third-order valence-corrected chi connectivity index (χ3v) is 4.23. The van der Waals surface area contributed by atoms with Gasteiger partial charge in [0.2, 0.25) is 0 Å². The average Bonchev–Trinajstić information content (AvgIpc) is 2.67. The quantitative estimate of drug-likeness (QED) is 0.897. The highest BCUT2D eigenvalue weighted by Gasteiger charge is 2.23. The molecule has 0 unspecified atom stereocenters. The lowest BCUT2D eigenvalue weighted by atomic mass is 10.1. The second-order valence-electron chi connectivity index (χ2n) is 5.94. The maximum Gasteiger partial charge on any atom is 0.335 e. The van der Waals surface area contributed by atoms with Gasteiger partial charge in [0, 0.05) is 31.9 Å². The average molecular weight is 339 g/mol. The molecule has 0 spiro atoms. The van der Waals surface area contributed by atoms with Crippen LogP contribution in [0.5, 0.6) is 0 Å². The van der Waals surface area contributed by atoms with Crippen molar-refractivity contribution in [2.24, 2.45) is 0 Å². The van der Waals surface area contributed by atoms with Crippen molar-refractivity contribution < 1.29 is 14.7 Å². The topological polar surface area (TPSA) is 72.9 Å². The number of anilines is 1. The van der Waals surface area contributed by atoms with E-state index in [9.17, 15) is 9.59 Å². The summed E-state index contributed by atoms with van der Waals surface area (Å²) in [6, 6.07) is 16.1. The molecule has 0 aromatic heterocycles. The standard InChI is InChI=1S/C19H21N3O3/c23-18(24)16-8-6-15(7-9-16)14-22(17-4-2-1-3-5-17)19(25)21-12-10-20-11-13-21/h1-9,20H,10-14H2,(H,23,24). The number of piperazine rings is 1. The molecule has 1 aliphatic heterocycles. The monoisotopic (exact) mass is 339 g/mol.